The Morgan fingerprint density at radius 3 is 0.760 bits per heavy atom. The van der Waals surface area contributed by atoms with Crippen molar-refractivity contribution >= 4 is 39.5 Å². The summed E-state index contributed by atoms with van der Waals surface area (Å²) in [6.45, 7) is 12.0. The van der Waals surface area contributed by atoms with Gasteiger partial charge in [-0.15, -0.1) is 0 Å². The van der Waals surface area contributed by atoms with Crippen LogP contribution in [-0.2, 0) is 65.4 Å². The number of esters is 4. The maximum absolute atomic E-state index is 13.1. The van der Waals surface area contributed by atoms with Gasteiger partial charge in [0.25, 0.3) is 0 Å². The lowest BCUT2D eigenvalue weighted by molar-refractivity contribution is -0.161. The molecule has 0 rings (SSSR count). The van der Waals surface area contributed by atoms with Crippen LogP contribution in [0.5, 0.6) is 0 Å². The van der Waals surface area contributed by atoms with Gasteiger partial charge in [-0.2, -0.15) is 0 Å². The molecule has 0 radical (unpaired) electrons. The third kappa shape index (κ3) is 73.0. The maximum Gasteiger partial charge on any atom is 0.472 e. The van der Waals surface area contributed by atoms with Gasteiger partial charge in [0.2, 0.25) is 0 Å². The molecule has 0 aromatic carbocycles. The van der Waals surface area contributed by atoms with Crippen molar-refractivity contribution in [1.82, 2.24) is 0 Å². The molecule has 100 heavy (non-hydrogen) atoms. The van der Waals surface area contributed by atoms with Gasteiger partial charge in [-0.25, -0.2) is 9.13 Å². The van der Waals surface area contributed by atoms with E-state index in [0.717, 1.165) is 108 Å². The SMILES string of the molecule is CCCCCCCCCCCCCCC(=O)O[C@H](COC(=O)CCCCCCCCCCC(C)C)COP(=O)(O)OC[C@H](O)COP(=O)(O)OC[C@@H](COC(=O)CCCCCCCCCCCCCCCCC(C)CC)OC(=O)CCCCCCCCCCCCCCCCCCC(C)C. The summed E-state index contributed by atoms with van der Waals surface area (Å²) >= 11 is 0. The molecule has 594 valence electrons. The zero-order valence-electron chi connectivity index (χ0n) is 65.7. The highest BCUT2D eigenvalue weighted by Crippen LogP contribution is 2.45. The van der Waals surface area contributed by atoms with Crippen molar-refractivity contribution in [2.24, 2.45) is 17.8 Å². The molecule has 0 aromatic rings. The van der Waals surface area contributed by atoms with Gasteiger partial charge in [0.1, 0.15) is 19.3 Å². The number of rotatable bonds is 79. The highest BCUT2D eigenvalue weighted by Gasteiger charge is 2.30. The third-order valence-corrected chi connectivity index (χ3v) is 21.1. The van der Waals surface area contributed by atoms with Crippen LogP contribution in [-0.4, -0.2) is 96.7 Å². The van der Waals surface area contributed by atoms with Gasteiger partial charge in [-0.05, 0) is 43.4 Å². The van der Waals surface area contributed by atoms with Crippen LogP contribution in [0.2, 0.25) is 0 Å². The van der Waals surface area contributed by atoms with Crippen LogP contribution in [0.4, 0.5) is 0 Å². The molecule has 0 saturated heterocycles. The van der Waals surface area contributed by atoms with E-state index in [4.69, 9.17) is 37.0 Å². The molecule has 0 saturated carbocycles. The predicted octanol–water partition coefficient (Wildman–Crippen LogP) is 24.1. The summed E-state index contributed by atoms with van der Waals surface area (Å²) in [5, 5.41) is 10.6. The number of unbranched alkanes of at least 4 members (excludes halogenated alkanes) is 46. The standard InChI is InChI=1S/C81H158O17P2/c1-8-10-11-12-13-14-15-28-34-43-50-57-64-80(85)98-77(69-92-79(84)63-56-49-42-37-36-39-46-53-60-73(5)6)71-96-100(89,90)94-67-75(82)66-93-99(87,88)95-70-76(68-91-78(83)62-55-48-41-33-29-24-21-20-23-27-32-40-47-54-61-74(7)9-2)97-81(86)65-58-51-44-35-30-25-19-17-16-18-22-26-31-38-45-52-59-72(3)4/h72-77,82H,8-71H2,1-7H3,(H,87,88)(H,89,90)/t74?,75-,76-,77-/m1/s1. The van der Waals surface area contributed by atoms with Crippen LogP contribution in [0.1, 0.15) is 421 Å². The van der Waals surface area contributed by atoms with Crippen molar-refractivity contribution in [3.63, 3.8) is 0 Å². The summed E-state index contributed by atoms with van der Waals surface area (Å²) in [7, 11) is -9.92. The molecule has 3 N–H and O–H groups in total. The zero-order chi connectivity index (χ0) is 73.7. The second-order valence-electron chi connectivity index (χ2n) is 30.4. The van der Waals surface area contributed by atoms with Gasteiger partial charge in [0.15, 0.2) is 12.2 Å². The Morgan fingerprint density at radius 2 is 0.510 bits per heavy atom. The second kappa shape index (κ2) is 71.3. The second-order valence-corrected chi connectivity index (χ2v) is 33.3. The molecule has 0 heterocycles. The van der Waals surface area contributed by atoms with E-state index in [0.29, 0.717) is 25.7 Å². The zero-order valence-corrected chi connectivity index (χ0v) is 67.5. The Morgan fingerprint density at radius 1 is 0.290 bits per heavy atom. The number of ether oxygens (including phenoxy) is 4. The van der Waals surface area contributed by atoms with Crippen LogP contribution in [0, 0.1) is 17.8 Å². The number of phosphoric ester groups is 2. The molecular weight excluding hydrogens is 1310 g/mol. The summed E-state index contributed by atoms with van der Waals surface area (Å²) in [4.78, 5) is 73.0. The normalized spacial score (nSPS) is 14.2. The van der Waals surface area contributed by atoms with Crippen LogP contribution >= 0.6 is 15.6 Å². The van der Waals surface area contributed by atoms with E-state index in [1.807, 2.05) is 0 Å². The van der Waals surface area contributed by atoms with Gasteiger partial charge in [0.05, 0.1) is 26.4 Å². The van der Waals surface area contributed by atoms with Crippen molar-refractivity contribution in [3.8, 4) is 0 Å². The molecule has 0 aliphatic carbocycles. The fraction of sp³-hybridized carbons (Fsp3) is 0.951. The summed E-state index contributed by atoms with van der Waals surface area (Å²) < 4.78 is 68.7. The summed E-state index contributed by atoms with van der Waals surface area (Å²) in [5.41, 5.74) is 0. The molecule has 0 fully saturated rings. The third-order valence-electron chi connectivity index (χ3n) is 19.2. The van der Waals surface area contributed by atoms with Crippen molar-refractivity contribution in [2.45, 2.75) is 439 Å². The predicted molar refractivity (Wildman–Crippen MR) is 409 cm³/mol. The lowest BCUT2D eigenvalue weighted by Gasteiger charge is -2.21. The lowest BCUT2D eigenvalue weighted by Crippen LogP contribution is -2.30. The molecule has 0 aliphatic rings. The Balaban J connectivity index is 5.24. The number of aliphatic hydroxyl groups excluding tert-OH is 1. The number of hydrogen-bond donors (Lipinski definition) is 3. The first kappa shape index (κ1) is 98.1. The van der Waals surface area contributed by atoms with Crippen molar-refractivity contribution in [3.05, 3.63) is 0 Å². The van der Waals surface area contributed by atoms with E-state index in [-0.39, 0.29) is 25.7 Å². The first-order valence-corrected chi connectivity index (χ1v) is 44.9. The van der Waals surface area contributed by atoms with Crippen molar-refractivity contribution in [1.29, 1.82) is 0 Å². The van der Waals surface area contributed by atoms with E-state index >= 15 is 0 Å². The van der Waals surface area contributed by atoms with Gasteiger partial charge in [0, 0.05) is 25.7 Å². The molecule has 0 aliphatic heterocycles. The maximum atomic E-state index is 13.1. The van der Waals surface area contributed by atoms with Gasteiger partial charge in [-0.3, -0.25) is 37.3 Å². The number of carbonyl (C=O) groups is 4. The summed E-state index contributed by atoms with van der Waals surface area (Å²) in [6, 6.07) is 0. The minimum Gasteiger partial charge on any atom is -0.462 e. The van der Waals surface area contributed by atoms with Crippen molar-refractivity contribution in [2.75, 3.05) is 39.6 Å². The smallest absolute Gasteiger partial charge is 0.462 e. The van der Waals surface area contributed by atoms with Crippen molar-refractivity contribution < 1.29 is 80.2 Å². The average molecular weight is 1470 g/mol. The number of aliphatic hydroxyl groups is 1. The Kier molecular flexibility index (Phi) is 69.9. The Labute approximate surface area is 613 Å². The topological polar surface area (TPSA) is 237 Å². The van der Waals surface area contributed by atoms with Gasteiger partial charge >= 0.3 is 39.5 Å². The highest BCUT2D eigenvalue weighted by atomic mass is 31.2. The first-order valence-electron chi connectivity index (χ1n) is 41.9. The van der Waals surface area contributed by atoms with Crippen LogP contribution in [0.3, 0.4) is 0 Å². The van der Waals surface area contributed by atoms with Crippen LogP contribution in [0.25, 0.3) is 0 Å². The minimum absolute atomic E-state index is 0.107. The van der Waals surface area contributed by atoms with E-state index in [1.165, 1.54) is 231 Å². The molecule has 0 amide bonds. The summed E-state index contributed by atoms with van der Waals surface area (Å²) in [5.74, 6) is 0.275. The summed E-state index contributed by atoms with van der Waals surface area (Å²) in [6.07, 6.45) is 59.6. The quantitative estimate of drug-likeness (QED) is 0.0222. The molecule has 0 aromatic heterocycles. The van der Waals surface area contributed by atoms with Crippen LogP contribution < -0.4 is 0 Å². The molecule has 17 nitrogen and oxygen atoms in total. The molecular formula is C81H158O17P2. The van der Waals surface area contributed by atoms with E-state index < -0.39 is 97.5 Å². The average Bonchev–Trinajstić information content (AvgIpc) is 0.942. The Hall–Kier alpha value is -1.94. The van der Waals surface area contributed by atoms with Crippen LogP contribution in [0.15, 0.2) is 0 Å². The number of hydrogen-bond acceptors (Lipinski definition) is 15. The highest BCUT2D eigenvalue weighted by molar-refractivity contribution is 7.47. The fourth-order valence-electron chi connectivity index (χ4n) is 12.5. The monoisotopic (exact) mass is 1470 g/mol. The van der Waals surface area contributed by atoms with E-state index in [2.05, 4.69) is 48.5 Å². The number of phosphoric acid groups is 2. The lowest BCUT2D eigenvalue weighted by atomic mass is 9.99. The van der Waals surface area contributed by atoms with E-state index in [9.17, 15) is 43.2 Å². The first-order chi connectivity index (χ1) is 48.3. The Bertz CT molecular complexity index is 1940. The molecule has 19 heteroatoms. The molecule has 6 atom stereocenters. The van der Waals surface area contributed by atoms with Gasteiger partial charge < -0.3 is 33.8 Å². The number of carbonyl (C=O) groups excluding carboxylic acids is 4. The fourth-order valence-corrected chi connectivity index (χ4v) is 14.0. The minimum atomic E-state index is -4.96. The van der Waals surface area contributed by atoms with Gasteiger partial charge in [-0.1, -0.05) is 370 Å². The van der Waals surface area contributed by atoms with E-state index in [1.54, 1.807) is 0 Å². The molecule has 0 bridgehead atoms. The molecule has 3 unspecified atom stereocenters. The largest absolute Gasteiger partial charge is 0.472 e. The molecule has 0 spiro atoms.